The van der Waals surface area contributed by atoms with E-state index in [-0.39, 0.29) is 5.92 Å². The smallest absolute Gasteiger partial charge is 0.0881 e. The summed E-state index contributed by atoms with van der Waals surface area (Å²) in [5.41, 5.74) is 0. The van der Waals surface area contributed by atoms with Gasteiger partial charge < -0.3 is 0 Å². The molecule has 0 aliphatic heterocycles. The van der Waals surface area contributed by atoms with Crippen LogP contribution in [0.5, 0.6) is 0 Å². The van der Waals surface area contributed by atoms with Crippen LogP contribution in [0.3, 0.4) is 0 Å². The van der Waals surface area contributed by atoms with Crippen LogP contribution in [-0.2, 0) is 0 Å². The first-order chi connectivity index (χ1) is 5.11. The summed E-state index contributed by atoms with van der Waals surface area (Å²) in [5.74, 6) is 0.106. The minimum Gasteiger partial charge on any atom is -0.0881 e. The molecule has 1 atom stereocenters. The summed E-state index contributed by atoms with van der Waals surface area (Å²) in [6, 6.07) is 0. The molecule has 0 aromatic rings. The van der Waals surface area contributed by atoms with Gasteiger partial charge in [0.1, 0.15) is 0 Å². The molecule has 0 heterocycles. The second-order valence-corrected chi connectivity index (χ2v) is 5.23. The van der Waals surface area contributed by atoms with Gasteiger partial charge in [0.05, 0.1) is 0 Å². The summed E-state index contributed by atoms with van der Waals surface area (Å²) in [5, 5.41) is 0. The molecule has 0 radical (unpaired) electrons. The second kappa shape index (κ2) is 4.02. The molecule has 0 bridgehead atoms. The standard InChI is InChI=1S/C8H11Cl3/c9-8(10,11)7-5-3-1-2-4-6-7/h3,5,7H,1-2,4,6H2. The van der Waals surface area contributed by atoms with Crippen LogP contribution in [0.1, 0.15) is 25.7 Å². The molecular weight excluding hydrogens is 202 g/mol. The molecule has 1 aliphatic carbocycles. The van der Waals surface area contributed by atoms with Crippen molar-refractivity contribution in [2.45, 2.75) is 29.5 Å². The van der Waals surface area contributed by atoms with Crippen molar-refractivity contribution in [2.75, 3.05) is 0 Å². The lowest BCUT2D eigenvalue weighted by Gasteiger charge is -2.19. The topological polar surface area (TPSA) is 0 Å². The van der Waals surface area contributed by atoms with Gasteiger partial charge in [-0.3, -0.25) is 0 Å². The second-order valence-electron chi connectivity index (χ2n) is 2.86. The number of hydrogen-bond donors (Lipinski definition) is 0. The lowest BCUT2D eigenvalue weighted by molar-refractivity contribution is 0.571. The Hall–Kier alpha value is 0.610. The zero-order valence-corrected chi connectivity index (χ0v) is 8.46. The average molecular weight is 214 g/mol. The summed E-state index contributed by atoms with van der Waals surface area (Å²) >= 11 is 17.3. The van der Waals surface area contributed by atoms with E-state index in [4.69, 9.17) is 34.8 Å². The highest BCUT2D eigenvalue weighted by atomic mass is 35.6. The molecule has 0 saturated carbocycles. The van der Waals surface area contributed by atoms with Gasteiger partial charge >= 0.3 is 0 Å². The molecule has 0 aromatic carbocycles. The van der Waals surface area contributed by atoms with Crippen LogP contribution in [0, 0.1) is 5.92 Å². The normalized spacial score (nSPS) is 26.6. The van der Waals surface area contributed by atoms with E-state index in [2.05, 4.69) is 6.08 Å². The highest BCUT2D eigenvalue weighted by Gasteiger charge is 2.30. The number of hydrogen-bond acceptors (Lipinski definition) is 0. The quantitative estimate of drug-likeness (QED) is 0.420. The fourth-order valence-corrected chi connectivity index (χ4v) is 1.80. The minimum absolute atomic E-state index is 0.106. The Bertz CT molecular complexity index is 146. The van der Waals surface area contributed by atoms with Gasteiger partial charge in [0.2, 0.25) is 0 Å². The number of allylic oxidation sites excluding steroid dienone is 2. The van der Waals surface area contributed by atoms with E-state index in [1.165, 1.54) is 6.42 Å². The SMILES string of the molecule is ClC(Cl)(Cl)C1C=CCCCC1. The molecule has 0 N–H and O–H groups in total. The Morgan fingerprint density at radius 1 is 1.18 bits per heavy atom. The molecule has 0 fully saturated rings. The van der Waals surface area contributed by atoms with Crippen LogP contribution < -0.4 is 0 Å². The zero-order chi connectivity index (χ0) is 8.32. The van der Waals surface area contributed by atoms with E-state index < -0.39 is 3.79 Å². The number of rotatable bonds is 0. The highest BCUT2D eigenvalue weighted by Crippen LogP contribution is 2.39. The molecule has 0 aromatic heterocycles. The first-order valence-electron chi connectivity index (χ1n) is 3.84. The van der Waals surface area contributed by atoms with E-state index >= 15 is 0 Å². The average Bonchev–Trinajstić information content (AvgIpc) is 2.10. The van der Waals surface area contributed by atoms with Gasteiger partial charge in [0.15, 0.2) is 3.79 Å². The maximum atomic E-state index is 5.76. The van der Waals surface area contributed by atoms with Crippen molar-refractivity contribution in [1.29, 1.82) is 0 Å². The molecule has 0 amide bonds. The van der Waals surface area contributed by atoms with Crippen molar-refractivity contribution in [2.24, 2.45) is 5.92 Å². The van der Waals surface area contributed by atoms with Gasteiger partial charge in [-0.2, -0.15) is 0 Å². The molecule has 1 unspecified atom stereocenters. The van der Waals surface area contributed by atoms with Crippen molar-refractivity contribution in [3.8, 4) is 0 Å². The maximum absolute atomic E-state index is 5.76. The molecule has 1 rings (SSSR count). The third-order valence-corrected chi connectivity index (χ3v) is 2.77. The van der Waals surface area contributed by atoms with E-state index in [1.807, 2.05) is 6.08 Å². The predicted molar refractivity (Wildman–Crippen MR) is 51.4 cm³/mol. The largest absolute Gasteiger partial charge is 0.196 e. The monoisotopic (exact) mass is 212 g/mol. The van der Waals surface area contributed by atoms with Gasteiger partial charge in [-0.15, -0.1) is 0 Å². The summed E-state index contributed by atoms with van der Waals surface area (Å²) in [6.45, 7) is 0. The van der Waals surface area contributed by atoms with Gasteiger partial charge in [-0.1, -0.05) is 53.4 Å². The van der Waals surface area contributed by atoms with Crippen molar-refractivity contribution in [3.05, 3.63) is 12.2 Å². The summed E-state index contributed by atoms with van der Waals surface area (Å²) in [6.07, 6.45) is 8.63. The Balaban J connectivity index is 2.56. The molecule has 3 heteroatoms. The van der Waals surface area contributed by atoms with Gasteiger partial charge in [-0.25, -0.2) is 0 Å². The highest BCUT2D eigenvalue weighted by molar-refractivity contribution is 6.67. The third kappa shape index (κ3) is 3.23. The van der Waals surface area contributed by atoms with Crippen molar-refractivity contribution < 1.29 is 0 Å². The Kier molecular flexibility index (Phi) is 3.54. The molecule has 11 heavy (non-hydrogen) atoms. The van der Waals surface area contributed by atoms with Crippen LogP contribution in [0.15, 0.2) is 12.2 Å². The fourth-order valence-electron chi connectivity index (χ4n) is 1.26. The van der Waals surface area contributed by atoms with Crippen LogP contribution in [0.25, 0.3) is 0 Å². The summed E-state index contributed by atoms with van der Waals surface area (Å²) < 4.78 is -1.11. The van der Waals surface area contributed by atoms with E-state index in [1.54, 1.807) is 0 Å². The van der Waals surface area contributed by atoms with Crippen molar-refractivity contribution >= 4 is 34.8 Å². The predicted octanol–water partition coefficient (Wildman–Crippen LogP) is 4.10. The molecule has 0 nitrogen and oxygen atoms in total. The van der Waals surface area contributed by atoms with Gasteiger partial charge in [-0.05, 0) is 19.3 Å². The summed E-state index contributed by atoms with van der Waals surface area (Å²) in [4.78, 5) is 0. The number of halogens is 3. The first-order valence-corrected chi connectivity index (χ1v) is 4.97. The van der Waals surface area contributed by atoms with Gasteiger partial charge in [0, 0.05) is 5.92 Å². The zero-order valence-electron chi connectivity index (χ0n) is 6.19. The molecular formula is C8H11Cl3. The van der Waals surface area contributed by atoms with E-state index in [9.17, 15) is 0 Å². The minimum atomic E-state index is -1.11. The maximum Gasteiger partial charge on any atom is 0.196 e. The lowest BCUT2D eigenvalue weighted by atomic mass is 10.1. The lowest BCUT2D eigenvalue weighted by Crippen LogP contribution is -2.16. The Morgan fingerprint density at radius 3 is 2.55 bits per heavy atom. The van der Waals surface area contributed by atoms with E-state index in [0.29, 0.717) is 0 Å². The van der Waals surface area contributed by atoms with Crippen LogP contribution in [-0.4, -0.2) is 3.79 Å². The number of alkyl halides is 3. The summed E-state index contributed by atoms with van der Waals surface area (Å²) in [7, 11) is 0. The van der Waals surface area contributed by atoms with Crippen molar-refractivity contribution in [3.63, 3.8) is 0 Å². The third-order valence-electron chi connectivity index (χ3n) is 1.92. The van der Waals surface area contributed by atoms with Crippen LogP contribution in [0.2, 0.25) is 0 Å². The van der Waals surface area contributed by atoms with Crippen LogP contribution in [0.4, 0.5) is 0 Å². The Labute approximate surface area is 82.5 Å². The fraction of sp³-hybridized carbons (Fsp3) is 0.750. The molecule has 1 aliphatic rings. The Morgan fingerprint density at radius 2 is 1.91 bits per heavy atom. The molecule has 64 valence electrons. The van der Waals surface area contributed by atoms with Crippen molar-refractivity contribution in [1.82, 2.24) is 0 Å². The van der Waals surface area contributed by atoms with E-state index in [0.717, 1.165) is 19.3 Å². The molecule has 0 spiro atoms. The van der Waals surface area contributed by atoms with Crippen LogP contribution >= 0.6 is 34.8 Å². The van der Waals surface area contributed by atoms with Gasteiger partial charge in [0.25, 0.3) is 0 Å². The molecule has 0 saturated heterocycles. The first kappa shape index (κ1) is 9.70.